The van der Waals surface area contributed by atoms with Crippen LogP contribution in [0.4, 0.5) is 4.79 Å². The van der Waals surface area contributed by atoms with Crippen molar-refractivity contribution >= 4 is 40.1 Å². The van der Waals surface area contributed by atoms with Crippen molar-refractivity contribution in [2.75, 3.05) is 39.4 Å². The van der Waals surface area contributed by atoms with Crippen LogP contribution in [0.3, 0.4) is 0 Å². The second-order valence-electron chi connectivity index (χ2n) is 10.3. The van der Waals surface area contributed by atoms with E-state index in [-0.39, 0.29) is 11.9 Å². The van der Waals surface area contributed by atoms with E-state index in [1.54, 1.807) is 11.0 Å². The second-order valence-corrected chi connectivity index (χ2v) is 10.7. The number of urea groups is 1. The summed E-state index contributed by atoms with van der Waals surface area (Å²) in [6, 6.07) is 7.94. The molecule has 6 rings (SSSR count). The highest BCUT2D eigenvalue weighted by atomic mass is 35.5. The van der Waals surface area contributed by atoms with Gasteiger partial charge < -0.3 is 24.8 Å². The van der Waals surface area contributed by atoms with Crippen molar-refractivity contribution < 1.29 is 14.3 Å². The lowest BCUT2D eigenvalue weighted by Gasteiger charge is -2.28. The number of carbonyl (C=O) groups is 2. The average molecular weight is 534 g/mol. The summed E-state index contributed by atoms with van der Waals surface area (Å²) in [7, 11) is 0. The minimum atomic E-state index is -0.0395. The number of ether oxygens (including phenoxy) is 1. The van der Waals surface area contributed by atoms with E-state index in [4.69, 9.17) is 16.3 Å². The number of benzene rings is 1. The number of amides is 3. The lowest BCUT2D eigenvalue weighted by molar-refractivity contribution is 0.0303. The molecule has 2 fully saturated rings. The minimum absolute atomic E-state index is 0.0395. The molecule has 38 heavy (non-hydrogen) atoms. The van der Waals surface area contributed by atoms with Gasteiger partial charge in [0.05, 0.1) is 13.2 Å². The third kappa shape index (κ3) is 5.15. The number of hydrogen-bond acceptors (Lipinski definition) is 4. The summed E-state index contributed by atoms with van der Waals surface area (Å²) in [5.74, 6) is -0.0395. The van der Waals surface area contributed by atoms with Crippen LogP contribution in [0.25, 0.3) is 27.7 Å². The highest BCUT2D eigenvalue weighted by Gasteiger charge is 2.24. The van der Waals surface area contributed by atoms with Crippen LogP contribution in [-0.4, -0.2) is 77.1 Å². The van der Waals surface area contributed by atoms with Gasteiger partial charge in [0.25, 0.3) is 5.91 Å². The number of carbonyl (C=O) groups excluding carboxylic acids is 2. The molecule has 1 aliphatic carbocycles. The Morgan fingerprint density at radius 1 is 1.03 bits per heavy atom. The van der Waals surface area contributed by atoms with E-state index in [1.165, 1.54) is 18.4 Å². The fourth-order valence-electron chi connectivity index (χ4n) is 5.69. The van der Waals surface area contributed by atoms with E-state index < -0.39 is 0 Å². The lowest BCUT2D eigenvalue weighted by Crippen LogP contribution is -2.45. The highest BCUT2D eigenvalue weighted by molar-refractivity contribution is 6.31. The smallest absolute Gasteiger partial charge is 0.317 e. The van der Waals surface area contributed by atoms with E-state index in [0.717, 1.165) is 47.0 Å². The Bertz CT molecular complexity index is 1390. The Balaban J connectivity index is 1.23. The molecule has 0 unspecified atom stereocenters. The molecule has 2 N–H and O–H groups in total. The predicted molar refractivity (Wildman–Crippen MR) is 148 cm³/mol. The van der Waals surface area contributed by atoms with E-state index in [9.17, 15) is 9.59 Å². The molecular formula is C29H32ClN5O3. The van der Waals surface area contributed by atoms with Crippen molar-refractivity contribution in [2.45, 2.75) is 38.1 Å². The molecule has 2 aliphatic heterocycles. The third-order valence-electron chi connectivity index (χ3n) is 7.83. The summed E-state index contributed by atoms with van der Waals surface area (Å²) in [5, 5.41) is 4.71. The maximum Gasteiger partial charge on any atom is 0.317 e. The summed E-state index contributed by atoms with van der Waals surface area (Å²) in [4.78, 5) is 37.4. The lowest BCUT2D eigenvalue weighted by atomic mass is 9.97. The van der Waals surface area contributed by atoms with Gasteiger partial charge in [-0.15, -0.1) is 0 Å². The number of aromatic amines is 1. The summed E-state index contributed by atoms with van der Waals surface area (Å²) in [5.41, 5.74) is 5.41. The van der Waals surface area contributed by atoms with E-state index >= 15 is 0 Å². The molecule has 2 aromatic heterocycles. The van der Waals surface area contributed by atoms with Crippen LogP contribution in [-0.2, 0) is 4.74 Å². The number of H-pyrrole nitrogens is 1. The van der Waals surface area contributed by atoms with Crippen molar-refractivity contribution in [1.29, 1.82) is 0 Å². The molecule has 1 aromatic carbocycles. The Labute approximate surface area is 227 Å². The van der Waals surface area contributed by atoms with Crippen molar-refractivity contribution in [3.8, 4) is 11.1 Å². The molecule has 3 aliphatic rings. The molecule has 0 spiro atoms. The van der Waals surface area contributed by atoms with Crippen LogP contribution in [0.1, 0.15) is 48.0 Å². The van der Waals surface area contributed by atoms with Crippen molar-refractivity contribution in [1.82, 2.24) is 25.1 Å². The number of fused-ring (bicyclic) bond motifs is 1. The minimum Gasteiger partial charge on any atom is -0.378 e. The molecule has 4 heterocycles. The van der Waals surface area contributed by atoms with Gasteiger partial charge >= 0.3 is 6.03 Å². The molecule has 1 saturated heterocycles. The van der Waals surface area contributed by atoms with Gasteiger partial charge in [-0.1, -0.05) is 30.5 Å². The molecule has 3 aromatic rings. The van der Waals surface area contributed by atoms with Crippen LogP contribution < -0.4 is 5.32 Å². The Hall–Kier alpha value is -3.36. The normalized spacial score (nSPS) is 18.6. The number of rotatable bonds is 4. The predicted octanol–water partition coefficient (Wildman–Crippen LogP) is 5.10. The SMILES string of the molecule is O=C(NC1CCCC1)N1CC=C(c2c[nH]c3ncc(-c4cc(Cl)cc(C(=O)N5CCOCC5)c4)cc23)CC1. The Morgan fingerprint density at radius 2 is 1.84 bits per heavy atom. The number of aromatic nitrogens is 2. The van der Waals surface area contributed by atoms with Crippen molar-refractivity contribution in [2.24, 2.45) is 0 Å². The van der Waals surface area contributed by atoms with Gasteiger partial charge in [0.2, 0.25) is 0 Å². The molecule has 8 nitrogen and oxygen atoms in total. The zero-order valence-electron chi connectivity index (χ0n) is 21.3. The molecule has 0 radical (unpaired) electrons. The largest absolute Gasteiger partial charge is 0.378 e. The van der Waals surface area contributed by atoms with Crippen LogP contribution in [0, 0.1) is 0 Å². The summed E-state index contributed by atoms with van der Waals surface area (Å²) in [6.45, 7) is 3.54. The Kier molecular flexibility index (Phi) is 7.08. The number of halogens is 1. The number of nitrogens with zero attached hydrogens (tertiary/aromatic N) is 3. The zero-order valence-corrected chi connectivity index (χ0v) is 22.1. The first-order chi connectivity index (χ1) is 18.5. The molecule has 0 bridgehead atoms. The Morgan fingerprint density at radius 3 is 2.61 bits per heavy atom. The first-order valence-corrected chi connectivity index (χ1v) is 13.8. The molecule has 1 saturated carbocycles. The summed E-state index contributed by atoms with van der Waals surface area (Å²) >= 11 is 6.46. The van der Waals surface area contributed by atoms with Gasteiger partial charge in [-0.2, -0.15) is 0 Å². The molecule has 3 amide bonds. The van der Waals surface area contributed by atoms with E-state index in [1.807, 2.05) is 29.4 Å². The molecule has 9 heteroatoms. The topological polar surface area (TPSA) is 90.6 Å². The van der Waals surface area contributed by atoms with Gasteiger partial charge in [-0.25, -0.2) is 9.78 Å². The van der Waals surface area contributed by atoms with E-state index in [0.29, 0.717) is 56.0 Å². The van der Waals surface area contributed by atoms with E-state index in [2.05, 4.69) is 27.4 Å². The standard InChI is InChI=1S/C29H32ClN5O3/c30-23-14-20(13-21(15-23)28(36)34-9-11-38-12-10-34)22-16-25-26(18-32-27(25)31-17-22)19-5-7-35(8-6-19)29(37)33-24-3-1-2-4-24/h5,13-18,24H,1-4,6-12H2,(H,31,32)(H,33,37). The van der Waals surface area contributed by atoms with Gasteiger partial charge in [0.15, 0.2) is 0 Å². The van der Waals surface area contributed by atoms with Crippen LogP contribution in [0.5, 0.6) is 0 Å². The molecular weight excluding hydrogens is 502 g/mol. The highest BCUT2D eigenvalue weighted by Crippen LogP contribution is 2.33. The summed E-state index contributed by atoms with van der Waals surface area (Å²) < 4.78 is 5.38. The van der Waals surface area contributed by atoms with Crippen LogP contribution >= 0.6 is 11.6 Å². The quantitative estimate of drug-likeness (QED) is 0.488. The van der Waals surface area contributed by atoms with Crippen LogP contribution in [0.2, 0.25) is 5.02 Å². The first-order valence-electron chi connectivity index (χ1n) is 13.4. The average Bonchev–Trinajstić information content (AvgIpc) is 3.62. The molecule has 0 atom stereocenters. The number of pyridine rings is 1. The van der Waals surface area contributed by atoms with Crippen molar-refractivity contribution in [3.63, 3.8) is 0 Å². The second kappa shape index (κ2) is 10.8. The third-order valence-corrected chi connectivity index (χ3v) is 8.05. The first kappa shape index (κ1) is 24.9. The summed E-state index contributed by atoms with van der Waals surface area (Å²) in [6.07, 6.45) is 11.3. The number of hydrogen-bond donors (Lipinski definition) is 2. The maximum absolute atomic E-state index is 13.1. The van der Waals surface area contributed by atoms with Gasteiger partial charge in [-0.05, 0) is 54.7 Å². The van der Waals surface area contributed by atoms with Crippen molar-refractivity contribution in [3.05, 3.63) is 58.9 Å². The fourth-order valence-corrected chi connectivity index (χ4v) is 5.93. The van der Waals surface area contributed by atoms with Crippen LogP contribution in [0.15, 0.2) is 42.7 Å². The van der Waals surface area contributed by atoms with Gasteiger partial charge in [-0.3, -0.25) is 4.79 Å². The number of nitrogens with one attached hydrogen (secondary N) is 2. The fraction of sp³-hybridized carbons (Fsp3) is 0.414. The zero-order chi connectivity index (χ0) is 26.1. The van der Waals surface area contributed by atoms with Gasteiger partial charge in [0.1, 0.15) is 5.65 Å². The van der Waals surface area contributed by atoms with Gasteiger partial charge in [0, 0.05) is 71.7 Å². The molecule has 198 valence electrons. The monoisotopic (exact) mass is 533 g/mol. The maximum atomic E-state index is 13.1. The number of morpholine rings is 1.